The summed E-state index contributed by atoms with van der Waals surface area (Å²) in [5.74, 6) is 0. The summed E-state index contributed by atoms with van der Waals surface area (Å²) in [6.07, 6.45) is 2.88. The monoisotopic (exact) mass is 275 g/mol. The molecule has 0 bridgehead atoms. The Balaban J connectivity index is 1.81. The number of hydrogen-bond acceptors (Lipinski definition) is 5. The number of aliphatic hydroxyl groups excluding tert-OH is 1. The zero-order valence-corrected chi connectivity index (χ0v) is 11.5. The zero-order valence-electron chi connectivity index (χ0n) is 11.5. The van der Waals surface area contributed by atoms with E-state index in [9.17, 15) is 0 Å². The SMILES string of the molecule is Nc1cc2cn[nH]c2cc1N1CCCN(CCO)CC1. The first-order chi connectivity index (χ1) is 9.78. The summed E-state index contributed by atoms with van der Waals surface area (Å²) in [5.41, 5.74) is 9.08. The Morgan fingerprint density at radius 2 is 2.15 bits per heavy atom. The van der Waals surface area contributed by atoms with E-state index in [1.54, 1.807) is 6.20 Å². The molecule has 6 nitrogen and oxygen atoms in total. The van der Waals surface area contributed by atoms with Crippen LogP contribution in [0.4, 0.5) is 11.4 Å². The Kier molecular flexibility index (Phi) is 3.75. The molecule has 2 heterocycles. The molecule has 0 atom stereocenters. The smallest absolute Gasteiger partial charge is 0.0672 e. The maximum Gasteiger partial charge on any atom is 0.0672 e. The number of nitrogens with zero attached hydrogens (tertiary/aromatic N) is 3. The van der Waals surface area contributed by atoms with Crippen molar-refractivity contribution in [1.82, 2.24) is 15.1 Å². The summed E-state index contributed by atoms with van der Waals surface area (Å²) in [7, 11) is 0. The molecule has 3 rings (SSSR count). The van der Waals surface area contributed by atoms with Gasteiger partial charge in [0.1, 0.15) is 0 Å². The van der Waals surface area contributed by atoms with Crippen LogP contribution in [0.5, 0.6) is 0 Å². The molecular weight excluding hydrogens is 254 g/mol. The van der Waals surface area contributed by atoms with Crippen molar-refractivity contribution in [3.8, 4) is 0 Å². The number of benzene rings is 1. The van der Waals surface area contributed by atoms with Crippen LogP contribution in [-0.4, -0.2) is 59.5 Å². The topological polar surface area (TPSA) is 81.4 Å². The number of nitrogens with two attached hydrogens (primary N) is 1. The quantitative estimate of drug-likeness (QED) is 0.717. The molecule has 1 aliphatic rings. The summed E-state index contributed by atoms with van der Waals surface area (Å²) in [6.45, 7) is 4.89. The number of nitrogens with one attached hydrogen (secondary N) is 1. The minimum Gasteiger partial charge on any atom is -0.397 e. The van der Waals surface area contributed by atoms with Crippen LogP contribution in [0.15, 0.2) is 18.3 Å². The average molecular weight is 275 g/mol. The van der Waals surface area contributed by atoms with Crippen molar-refractivity contribution in [2.24, 2.45) is 0 Å². The fraction of sp³-hybridized carbons (Fsp3) is 0.500. The summed E-state index contributed by atoms with van der Waals surface area (Å²) >= 11 is 0. The third-order valence-electron chi connectivity index (χ3n) is 3.93. The molecule has 0 amide bonds. The number of hydrogen-bond donors (Lipinski definition) is 3. The van der Waals surface area contributed by atoms with Crippen molar-refractivity contribution < 1.29 is 5.11 Å². The molecule has 1 aromatic carbocycles. The second kappa shape index (κ2) is 5.68. The van der Waals surface area contributed by atoms with E-state index >= 15 is 0 Å². The standard InChI is InChI=1S/C14H21N5O/c15-12-8-11-10-16-17-13(11)9-14(12)19-3-1-2-18(4-5-19)6-7-20/h8-10,20H,1-7,15H2,(H,16,17). The Morgan fingerprint density at radius 3 is 3.00 bits per heavy atom. The number of nitrogen functional groups attached to an aromatic ring is 1. The summed E-state index contributed by atoms with van der Waals surface area (Å²) in [6, 6.07) is 4.06. The van der Waals surface area contributed by atoms with Gasteiger partial charge in [0, 0.05) is 31.6 Å². The zero-order chi connectivity index (χ0) is 13.9. The molecule has 1 aliphatic heterocycles. The molecule has 2 aromatic rings. The van der Waals surface area contributed by atoms with Gasteiger partial charge in [-0.05, 0) is 25.1 Å². The fourth-order valence-corrected chi connectivity index (χ4v) is 2.85. The molecular formula is C14H21N5O. The van der Waals surface area contributed by atoms with E-state index in [4.69, 9.17) is 10.8 Å². The third kappa shape index (κ3) is 2.57. The van der Waals surface area contributed by atoms with Crippen molar-refractivity contribution in [2.75, 3.05) is 50.0 Å². The summed E-state index contributed by atoms with van der Waals surface area (Å²) < 4.78 is 0. The molecule has 108 valence electrons. The number of rotatable bonds is 3. The van der Waals surface area contributed by atoms with Gasteiger partial charge in [0.2, 0.25) is 0 Å². The van der Waals surface area contributed by atoms with E-state index in [-0.39, 0.29) is 6.61 Å². The van der Waals surface area contributed by atoms with Crippen molar-refractivity contribution in [2.45, 2.75) is 6.42 Å². The average Bonchev–Trinajstić information content (AvgIpc) is 2.76. The molecule has 4 N–H and O–H groups in total. The Morgan fingerprint density at radius 1 is 1.25 bits per heavy atom. The number of β-amino-alcohol motifs (C(OH)–C–C–N with tert-alkyl or cyclic N) is 1. The van der Waals surface area contributed by atoms with Gasteiger partial charge >= 0.3 is 0 Å². The first-order valence-corrected chi connectivity index (χ1v) is 7.08. The van der Waals surface area contributed by atoms with Gasteiger partial charge in [-0.15, -0.1) is 0 Å². The van der Waals surface area contributed by atoms with Crippen LogP contribution in [0.3, 0.4) is 0 Å². The van der Waals surface area contributed by atoms with Gasteiger partial charge in [-0.3, -0.25) is 10.00 Å². The minimum absolute atomic E-state index is 0.224. The second-order valence-electron chi connectivity index (χ2n) is 5.27. The van der Waals surface area contributed by atoms with Crippen molar-refractivity contribution in [3.63, 3.8) is 0 Å². The van der Waals surface area contributed by atoms with Gasteiger partial charge in [0.25, 0.3) is 0 Å². The Labute approximate surface area is 118 Å². The molecule has 20 heavy (non-hydrogen) atoms. The number of anilines is 2. The van der Waals surface area contributed by atoms with Crippen molar-refractivity contribution >= 4 is 22.3 Å². The highest BCUT2D eigenvalue weighted by Gasteiger charge is 2.17. The first-order valence-electron chi connectivity index (χ1n) is 7.08. The van der Waals surface area contributed by atoms with Gasteiger partial charge < -0.3 is 15.7 Å². The lowest BCUT2D eigenvalue weighted by molar-refractivity contribution is 0.204. The lowest BCUT2D eigenvalue weighted by atomic mass is 10.2. The van der Waals surface area contributed by atoms with Gasteiger partial charge in [-0.25, -0.2) is 0 Å². The predicted molar refractivity (Wildman–Crippen MR) is 80.9 cm³/mol. The highest BCUT2D eigenvalue weighted by atomic mass is 16.3. The number of aliphatic hydroxyl groups is 1. The number of aromatic nitrogens is 2. The van der Waals surface area contributed by atoms with Crippen LogP contribution in [0.2, 0.25) is 0 Å². The molecule has 0 radical (unpaired) electrons. The van der Waals surface area contributed by atoms with E-state index in [0.29, 0.717) is 0 Å². The number of H-pyrrole nitrogens is 1. The molecule has 6 heteroatoms. The molecule has 1 fully saturated rings. The second-order valence-corrected chi connectivity index (χ2v) is 5.27. The van der Waals surface area contributed by atoms with Crippen LogP contribution < -0.4 is 10.6 Å². The summed E-state index contributed by atoms with van der Waals surface area (Å²) in [4.78, 5) is 4.62. The van der Waals surface area contributed by atoms with Gasteiger partial charge in [-0.1, -0.05) is 0 Å². The molecule has 1 aromatic heterocycles. The third-order valence-corrected chi connectivity index (χ3v) is 3.93. The highest BCUT2D eigenvalue weighted by Crippen LogP contribution is 2.28. The van der Waals surface area contributed by atoms with Crippen LogP contribution in [0.1, 0.15) is 6.42 Å². The fourth-order valence-electron chi connectivity index (χ4n) is 2.85. The Bertz CT molecular complexity index is 582. The Hall–Kier alpha value is -1.79. The maximum atomic E-state index is 9.05. The van der Waals surface area contributed by atoms with E-state index in [2.05, 4.69) is 26.1 Å². The first kappa shape index (κ1) is 13.2. The van der Waals surface area contributed by atoms with E-state index in [1.165, 1.54) is 0 Å². The number of fused-ring (bicyclic) bond motifs is 1. The maximum absolute atomic E-state index is 9.05. The highest BCUT2D eigenvalue weighted by molar-refractivity contribution is 5.88. The van der Waals surface area contributed by atoms with Crippen molar-refractivity contribution in [3.05, 3.63) is 18.3 Å². The number of aromatic amines is 1. The van der Waals surface area contributed by atoms with E-state index in [0.717, 1.165) is 61.4 Å². The van der Waals surface area contributed by atoms with Crippen LogP contribution in [0.25, 0.3) is 10.9 Å². The largest absolute Gasteiger partial charge is 0.397 e. The molecule has 0 saturated carbocycles. The van der Waals surface area contributed by atoms with Gasteiger partial charge in [0.15, 0.2) is 0 Å². The normalized spacial score (nSPS) is 17.6. The van der Waals surface area contributed by atoms with Crippen LogP contribution in [0, 0.1) is 0 Å². The lowest BCUT2D eigenvalue weighted by Gasteiger charge is -2.24. The van der Waals surface area contributed by atoms with Gasteiger partial charge in [0.05, 0.1) is 29.7 Å². The lowest BCUT2D eigenvalue weighted by Crippen LogP contribution is -2.32. The predicted octanol–water partition coefficient (Wildman–Crippen LogP) is 0.649. The summed E-state index contributed by atoms with van der Waals surface area (Å²) in [5, 5.41) is 17.1. The molecule has 0 spiro atoms. The molecule has 0 aliphatic carbocycles. The molecule has 1 saturated heterocycles. The van der Waals surface area contributed by atoms with Gasteiger partial charge in [-0.2, -0.15) is 5.10 Å². The van der Waals surface area contributed by atoms with E-state index < -0.39 is 0 Å². The van der Waals surface area contributed by atoms with Crippen LogP contribution >= 0.6 is 0 Å². The molecule has 0 unspecified atom stereocenters. The minimum atomic E-state index is 0.224. The van der Waals surface area contributed by atoms with E-state index in [1.807, 2.05) is 6.07 Å². The van der Waals surface area contributed by atoms with Crippen LogP contribution in [-0.2, 0) is 0 Å². The van der Waals surface area contributed by atoms with Crippen molar-refractivity contribution in [1.29, 1.82) is 0 Å².